The van der Waals surface area contributed by atoms with Crippen molar-refractivity contribution in [2.24, 2.45) is 0 Å². The molecule has 0 aromatic heterocycles. The van der Waals surface area contributed by atoms with Gasteiger partial charge in [-0.1, -0.05) is 5.04 Å². The molecule has 1 aromatic carbocycles. The predicted octanol–water partition coefficient (Wildman–Crippen LogP) is 6.62. The number of benzene rings is 1. The van der Waals surface area contributed by atoms with Crippen LogP contribution < -0.4 is 0 Å². The molecule has 0 aliphatic rings. The predicted molar refractivity (Wildman–Crippen MR) is 73.2 cm³/mol. The summed E-state index contributed by atoms with van der Waals surface area (Å²) >= 11 is -1.18. The second-order valence-electron chi connectivity index (χ2n) is 5.09. The number of thioether (sulfide) groups is 1. The van der Waals surface area contributed by atoms with Crippen molar-refractivity contribution in [3.8, 4) is 0 Å². The quantitative estimate of drug-likeness (QED) is 0.101. The molecule has 1 rings (SSSR count). The summed E-state index contributed by atoms with van der Waals surface area (Å²) in [5.41, 5.74) is 0. The van der Waals surface area contributed by atoms with E-state index in [0.29, 0.717) is 0 Å². The van der Waals surface area contributed by atoms with E-state index in [1.165, 1.54) is 0 Å². The van der Waals surface area contributed by atoms with E-state index in [1.54, 1.807) is 0 Å². The van der Waals surface area contributed by atoms with Gasteiger partial charge in [-0.15, -0.1) is 16.1 Å². The van der Waals surface area contributed by atoms with E-state index in [2.05, 4.69) is 9.37 Å². The Kier molecular flexibility index (Phi) is 8.23. The van der Waals surface area contributed by atoms with Gasteiger partial charge in [0.25, 0.3) is 0 Å². The van der Waals surface area contributed by atoms with Gasteiger partial charge in [0.15, 0.2) is 23.3 Å². The zero-order valence-electron chi connectivity index (χ0n) is 13.4. The van der Waals surface area contributed by atoms with E-state index in [0.717, 1.165) is 0 Å². The Labute approximate surface area is 165 Å². The summed E-state index contributed by atoms with van der Waals surface area (Å²) in [4.78, 5) is -3.27. The Morgan fingerprint density at radius 2 is 1.13 bits per heavy atom. The molecule has 0 spiro atoms. The van der Waals surface area contributed by atoms with Crippen LogP contribution in [0.2, 0.25) is 0 Å². The van der Waals surface area contributed by atoms with E-state index in [9.17, 15) is 57.1 Å². The lowest BCUT2D eigenvalue weighted by Gasteiger charge is -2.33. The van der Waals surface area contributed by atoms with Gasteiger partial charge >= 0.3 is 23.9 Å². The zero-order valence-corrected chi connectivity index (χ0v) is 15.0. The topological polar surface area (TPSA) is 38.7 Å². The van der Waals surface area contributed by atoms with Crippen molar-refractivity contribution >= 4 is 23.8 Å². The summed E-state index contributed by atoms with van der Waals surface area (Å²) in [7, 11) is 0. The maximum atomic E-state index is 13.8. The van der Waals surface area contributed by atoms with Crippen LogP contribution in [0.15, 0.2) is 9.79 Å². The van der Waals surface area contributed by atoms with E-state index in [-0.39, 0.29) is 0 Å². The molecule has 3 nitrogen and oxygen atoms in total. The first-order valence-corrected chi connectivity index (χ1v) is 8.50. The second kappa shape index (κ2) is 9.17. The van der Waals surface area contributed by atoms with Gasteiger partial charge in [0.2, 0.25) is 0 Å². The van der Waals surface area contributed by atoms with Crippen LogP contribution in [0.5, 0.6) is 0 Å². The van der Waals surface area contributed by atoms with Gasteiger partial charge in [-0.2, -0.15) is 39.5 Å². The van der Waals surface area contributed by atoms with Crippen molar-refractivity contribution in [3.63, 3.8) is 0 Å². The largest absolute Gasteiger partial charge is 0.460 e. The van der Waals surface area contributed by atoms with Crippen molar-refractivity contribution < 1.29 is 71.7 Å². The average Bonchev–Trinajstić information content (AvgIpc) is 2.61. The first kappa shape index (κ1) is 26.9. The smallest absolute Gasteiger partial charge is 0.220 e. The average molecular weight is 508 g/mol. The molecular formula is C12H5F13O3S2. The van der Waals surface area contributed by atoms with Crippen LogP contribution in [0.4, 0.5) is 57.1 Å². The highest BCUT2D eigenvalue weighted by Crippen LogP contribution is 2.54. The third kappa shape index (κ3) is 4.86. The lowest BCUT2D eigenvalue weighted by Crippen LogP contribution is -2.60. The molecule has 0 unspecified atom stereocenters. The molecule has 0 amide bonds. The molecule has 0 fully saturated rings. The summed E-state index contributed by atoms with van der Waals surface area (Å²) in [5.74, 6) is -30.8. The van der Waals surface area contributed by atoms with E-state index in [4.69, 9.17) is 5.26 Å². The minimum Gasteiger partial charge on any atom is -0.220 e. The van der Waals surface area contributed by atoms with Gasteiger partial charge in [0.1, 0.15) is 4.90 Å². The van der Waals surface area contributed by atoms with Crippen molar-refractivity contribution in [1.82, 2.24) is 0 Å². The molecule has 0 aliphatic heterocycles. The summed E-state index contributed by atoms with van der Waals surface area (Å²) in [6.07, 6.45) is -9.54. The lowest BCUT2D eigenvalue weighted by molar-refractivity contribution is -0.432. The number of hydrogen-bond acceptors (Lipinski definition) is 5. The fraction of sp³-hybridized carbons (Fsp3) is 0.500. The zero-order chi connectivity index (χ0) is 23.7. The van der Waals surface area contributed by atoms with Crippen molar-refractivity contribution in [2.45, 2.75) is 40.2 Å². The molecular weight excluding hydrogens is 503 g/mol. The molecule has 1 N–H and O–H groups in total. The molecule has 0 bridgehead atoms. The third-order valence-corrected chi connectivity index (χ3v) is 4.91. The Hall–Kier alpha value is -1.11. The minimum absolute atomic E-state index is 0.573. The first-order chi connectivity index (χ1) is 13.4. The number of hydrogen-bond donors (Lipinski definition) is 1. The van der Waals surface area contributed by atoms with Gasteiger partial charge in [-0.25, -0.2) is 22.8 Å². The van der Waals surface area contributed by atoms with Crippen LogP contribution in [0.1, 0.15) is 6.42 Å². The van der Waals surface area contributed by atoms with Crippen molar-refractivity contribution in [2.75, 3.05) is 5.75 Å². The molecule has 174 valence electrons. The molecule has 0 heterocycles. The summed E-state index contributed by atoms with van der Waals surface area (Å²) in [6, 6.07) is 0. The molecule has 30 heavy (non-hydrogen) atoms. The SMILES string of the molecule is OOOSc1c(F)c(F)c(SCCC(F)(F)C(F)(F)C(F)(F)C(F)(F)F)c(F)c1F. The molecule has 0 radical (unpaired) electrons. The van der Waals surface area contributed by atoms with Crippen LogP contribution in [0.25, 0.3) is 0 Å². The van der Waals surface area contributed by atoms with E-state index < -0.39 is 93.0 Å². The normalized spacial score (nSPS) is 13.8. The molecule has 1 aromatic rings. The Morgan fingerprint density at radius 1 is 0.700 bits per heavy atom. The summed E-state index contributed by atoms with van der Waals surface area (Å²) < 4.78 is 173. The number of rotatable bonds is 9. The van der Waals surface area contributed by atoms with Gasteiger partial charge in [-0.3, -0.25) is 0 Å². The van der Waals surface area contributed by atoms with Crippen LogP contribution in [0.3, 0.4) is 0 Å². The lowest BCUT2D eigenvalue weighted by atomic mass is 10.0. The van der Waals surface area contributed by atoms with Crippen LogP contribution in [0, 0.1) is 23.3 Å². The second-order valence-corrected chi connectivity index (χ2v) is 6.91. The fourth-order valence-corrected chi connectivity index (χ4v) is 3.11. The highest BCUT2D eigenvalue weighted by molar-refractivity contribution is 7.99. The highest BCUT2D eigenvalue weighted by atomic mass is 32.2. The van der Waals surface area contributed by atoms with Gasteiger partial charge in [0, 0.05) is 12.2 Å². The number of alkyl halides is 9. The minimum atomic E-state index is -7.16. The highest BCUT2D eigenvalue weighted by Gasteiger charge is 2.81. The van der Waals surface area contributed by atoms with Crippen molar-refractivity contribution in [3.05, 3.63) is 23.3 Å². The molecule has 0 atom stereocenters. The molecule has 18 heteroatoms. The Morgan fingerprint density at radius 3 is 1.53 bits per heavy atom. The van der Waals surface area contributed by atoms with Crippen LogP contribution in [-0.4, -0.2) is 35.0 Å². The Bertz CT molecular complexity index is 740. The number of halogens is 13. The molecule has 0 saturated carbocycles. The van der Waals surface area contributed by atoms with E-state index >= 15 is 0 Å². The Balaban J connectivity index is 3.08. The fourth-order valence-electron chi connectivity index (χ4n) is 1.69. The van der Waals surface area contributed by atoms with Crippen LogP contribution >= 0.6 is 23.8 Å². The third-order valence-electron chi connectivity index (χ3n) is 3.20. The van der Waals surface area contributed by atoms with Crippen molar-refractivity contribution in [1.29, 1.82) is 0 Å². The van der Waals surface area contributed by atoms with Gasteiger partial charge < -0.3 is 0 Å². The van der Waals surface area contributed by atoms with Crippen LogP contribution in [-0.2, 0) is 9.37 Å². The van der Waals surface area contributed by atoms with Gasteiger partial charge in [-0.05, 0) is 0 Å². The summed E-state index contributed by atoms with van der Waals surface area (Å²) in [6.45, 7) is 0. The summed E-state index contributed by atoms with van der Waals surface area (Å²) in [5, 5.41) is 10.8. The monoisotopic (exact) mass is 508 g/mol. The first-order valence-electron chi connectivity index (χ1n) is 6.77. The maximum Gasteiger partial charge on any atom is 0.460 e. The standard InChI is InChI=1S/C12H5F13O3S2/c13-3-5(15)8(30-28-27-26)6(16)4(14)7(3)29-2-1-9(17,18)10(19,20)11(21,22)12(23,24)25/h26H,1-2H2. The molecule has 0 saturated heterocycles. The van der Waals surface area contributed by atoms with E-state index in [1.807, 2.05) is 0 Å². The van der Waals surface area contributed by atoms with Gasteiger partial charge in [0.05, 0.1) is 16.9 Å². The molecule has 0 aliphatic carbocycles. The maximum absolute atomic E-state index is 13.8.